The fourth-order valence-electron chi connectivity index (χ4n) is 4.43. The Kier molecular flexibility index (Phi) is 5.57. The number of fused-ring (bicyclic) bond motifs is 2. The van der Waals surface area contributed by atoms with Crippen molar-refractivity contribution in [2.45, 2.75) is 12.3 Å². The molecule has 192 valence electrons. The molecule has 2 aliphatic rings. The number of rotatable bonds is 6. The second-order valence-electron chi connectivity index (χ2n) is 8.94. The van der Waals surface area contributed by atoms with Crippen LogP contribution >= 0.6 is 0 Å². The molecule has 0 atom stereocenters. The Morgan fingerprint density at radius 2 is 0.974 bits per heavy atom. The van der Waals surface area contributed by atoms with Gasteiger partial charge in [0.15, 0.2) is 11.6 Å². The van der Waals surface area contributed by atoms with E-state index < -0.39 is 17.9 Å². The molecule has 0 saturated carbocycles. The van der Waals surface area contributed by atoms with Crippen LogP contribution in [0, 0.1) is 0 Å². The summed E-state index contributed by atoms with van der Waals surface area (Å²) in [7, 11) is 0. The molecule has 4 aromatic carbocycles. The highest BCUT2D eigenvalue weighted by molar-refractivity contribution is 6.24. The molecule has 1 aliphatic carbocycles. The first kappa shape index (κ1) is 24.2. The fourth-order valence-corrected chi connectivity index (χ4v) is 4.43. The SMILES string of the molecule is O=C1CC(=O)c2cc(Oc3ccc(C(F)(F)c4ccc(Oc5ccc6c(c5)C(=O)OC6=O)cc4)cc3)ccc21. The number of hydrogen-bond acceptors (Lipinski definition) is 7. The summed E-state index contributed by atoms with van der Waals surface area (Å²) in [6.45, 7) is 0. The molecule has 9 heteroatoms. The average Bonchev–Trinajstić information content (AvgIpc) is 3.37. The minimum absolute atomic E-state index is 0.0767. The van der Waals surface area contributed by atoms with E-state index in [1.807, 2.05) is 0 Å². The first-order chi connectivity index (χ1) is 18.7. The lowest BCUT2D eigenvalue weighted by Gasteiger charge is -2.18. The van der Waals surface area contributed by atoms with Gasteiger partial charge in [-0.15, -0.1) is 0 Å². The number of carbonyl (C=O) groups is 4. The molecule has 0 amide bonds. The van der Waals surface area contributed by atoms with Crippen LogP contribution in [0.2, 0.25) is 0 Å². The Balaban J connectivity index is 1.15. The predicted molar refractivity (Wildman–Crippen MR) is 132 cm³/mol. The van der Waals surface area contributed by atoms with Crippen molar-refractivity contribution in [1.29, 1.82) is 0 Å². The number of benzene rings is 4. The second kappa shape index (κ2) is 8.98. The Morgan fingerprint density at radius 1 is 0.538 bits per heavy atom. The molecule has 0 aromatic heterocycles. The van der Waals surface area contributed by atoms with Crippen molar-refractivity contribution in [2.24, 2.45) is 0 Å². The Labute approximate surface area is 219 Å². The van der Waals surface area contributed by atoms with Crippen LogP contribution in [0.5, 0.6) is 23.0 Å². The van der Waals surface area contributed by atoms with E-state index in [1.165, 1.54) is 78.9 Å². The smallest absolute Gasteiger partial charge is 0.347 e. The maximum absolute atomic E-state index is 15.2. The average molecular weight is 526 g/mol. The van der Waals surface area contributed by atoms with Crippen molar-refractivity contribution in [3.05, 3.63) is 118 Å². The number of carbonyl (C=O) groups excluding carboxylic acids is 4. The fraction of sp³-hybridized carbons (Fsp3) is 0.0667. The highest BCUT2D eigenvalue weighted by Crippen LogP contribution is 2.38. The maximum atomic E-state index is 15.2. The van der Waals surface area contributed by atoms with Gasteiger partial charge in [0.1, 0.15) is 23.0 Å². The van der Waals surface area contributed by atoms with Crippen molar-refractivity contribution in [3.8, 4) is 23.0 Å². The molecule has 0 N–H and O–H groups in total. The monoisotopic (exact) mass is 526 g/mol. The van der Waals surface area contributed by atoms with Crippen LogP contribution < -0.4 is 9.47 Å². The molecular weight excluding hydrogens is 510 g/mol. The maximum Gasteiger partial charge on any atom is 0.347 e. The van der Waals surface area contributed by atoms with Gasteiger partial charge in [0.2, 0.25) is 0 Å². The summed E-state index contributed by atoms with van der Waals surface area (Å²) >= 11 is 0. The van der Waals surface area contributed by atoms with Gasteiger partial charge in [0.25, 0.3) is 5.92 Å². The molecule has 39 heavy (non-hydrogen) atoms. The quantitative estimate of drug-likeness (QED) is 0.209. The number of ether oxygens (including phenoxy) is 3. The largest absolute Gasteiger partial charge is 0.457 e. The first-order valence-corrected chi connectivity index (χ1v) is 11.7. The number of cyclic esters (lactones) is 2. The predicted octanol–water partition coefficient (Wildman–Crippen LogP) is 6.49. The summed E-state index contributed by atoms with van der Waals surface area (Å²) < 4.78 is 46.4. The minimum Gasteiger partial charge on any atom is -0.457 e. The van der Waals surface area contributed by atoms with Gasteiger partial charge in [0.05, 0.1) is 17.5 Å². The van der Waals surface area contributed by atoms with Gasteiger partial charge in [-0.25, -0.2) is 9.59 Å². The van der Waals surface area contributed by atoms with Crippen LogP contribution in [0.15, 0.2) is 84.9 Å². The van der Waals surface area contributed by atoms with Gasteiger partial charge >= 0.3 is 11.9 Å². The molecule has 0 bridgehead atoms. The van der Waals surface area contributed by atoms with Crippen LogP contribution in [0.1, 0.15) is 59.0 Å². The zero-order chi connectivity index (χ0) is 27.3. The number of Topliss-reactive ketones (excluding diaryl/α,β-unsaturated/α-hetero) is 2. The topological polar surface area (TPSA) is 96.0 Å². The molecule has 0 spiro atoms. The van der Waals surface area contributed by atoms with Gasteiger partial charge in [-0.05, 0) is 84.9 Å². The van der Waals surface area contributed by atoms with Crippen molar-refractivity contribution in [2.75, 3.05) is 0 Å². The zero-order valence-electron chi connectivity index (χ0n) is 19.9. The summed E-state index contributed by atoms with van der Waals surface area (Å²) in [6.07, 6.45) is -0.164. The van der Waals surface area contributed by atoms with Gasteiger partial charge in [-0.1, -0.05) is 0 Å². The molecule has 0 unspecified atom stereocenters. The highest BCUT2D eigenvalue weighted by atomic mass is 19.3. The lowest BCUT2D eigenvalue weighted by molar-refractivity contribution is 0.0423. The molecule has 4 aromatic rings. The van der Waals surface area contributed by atoms with Gasteiger partial charge in [-0.2, -0.15) is 8.78 Å². The number of ketones is 2. The molecule has 1 heterocycles. The Morgan fingerprint density at radius 3 is 1.54 bits per heavy atom. The molecule has 6 rings (SSSR count). The molecule has 7 nitrogen and oxygen atoms in total. The summed E-state index contributed by atoms with van der Waals surface area (Å²) in [4.78, 5) is 47.0. The number of esters is 2. The number of halogens is 2. The van der Waals surface area contributed by atoms with Gasteiger partial charge in [-0.3, -0.25) is 9.59 Å². The van der Waals surface area contributed by atoms with Crippen molar-refractivity contribution >= 4 is 23.5 Å². The summed E-state index contributed by atoms with van der Waals surface area (Å²) in [5, 5.41) is 0. The summed E-state index contributed by atoms with van der Waals surface area (Å²) in [5.74, 6) is -4.24. The van der Waals surface area contributed by atoms with Gasteiger partial charge < -0.3 is 14.2 Å². The lowest BCUT2D eigenvalue weighted by atomic mass is 10.00. The summed E-state index contributed by atoms with van der Waals surface area (Å²) in [5.41, 5.74) is 0.327. The third-order valence-corrected chi connectivity index (χ3v) is 6.43. The van der Waals surface area contributed by atoms with Gasteiger partial charge in [0, 0.05) is 22.3 Å². The third kappa shape index (κ3) is 4.33. The normalized spacial score (nSPS) is 14.2. The minimum atomic E-state index is -3.32. The van der Waals surface area contributed by atoms with Crippen LogP contribution in [0.4, 0.5) is 8.78 Å². The van der Waals surface area contributed by atoms with E-state index in [2.05, 4.69) is 4.74 Å². The Hall–Kier alpha value is -5.18. The van der Waals surface area contributed by atoms with E-state index in [4.69, 9.17) is 9.47 Å². The lowest BCUT2D eigenvalue weighted by Crippen LogP contribution is -2.14. The van der Waals surface area contributed by atoms with E-state index in [9.17, 15) is 19.2 Å². The van der Waals surface area contributed by atoms with Crippen LogP contribution in [0.3, 0.4) is 0 Å². The molecule has 0 fully saturated rings. The van der Waals surface area contributed by atoms with Crippen molar-refractivity contribution in [3.63, 3.8) is 0 Å². The van der Waals surface area contributed by atoms with Crippen LogP contribution in [0.25, 0.3) is 0 Å². The second-order valence-corrected chi connectivity index (χ2v) is 8.94. The molecular formula is C30H16F2O7. The van der Waals surface area contributed by atoms with E-state index in [0.717, 1.165) is 0 Å². The standard InChI is InChI=1S/C30H16F2O7/c31-30(32,16-1-5-18(6-2-16)37-20-9-11-22-24(13-20)27(34)15-26(22)33)17-3-7-19(8-4-17)38-21-10-12-23-25(14-21)29(36)39-28(23)35/h1-14H,15H2. The molecule has 0 radical (unpaired) electrons. The van der Waals surface area contributed by atoms with Crippen molar-refractivity contribution < 1.29 is 42.2 Å². The zero-order valence-corrected chi connectivity index (χ0v) is 19.9. The summed E-state index contributed by atoms with van der Waals surface area (Å²) in [6, 6.07) is 19.3. The highest BCUT2D eigenvalue weighted by Gasteiger charge is 2.34. The number of hydrogen-bond donors (Lipinski definition) is 0. The van der Waals surface area contributed by atoms with E-state index >= 15 is 8.78 Å². The van der Waals surface area contributed by atoms with E-state index in [0.29, 0.717) is 16.9 Å². The van der Waals surface area contributed by atoms with E-state index in [-0.39, 0.29) is 57.5 Å². The van der Waals surface area contributed by atoms with Crippen LogP contribution in [-0.2, 0) is 10.7 Å². The Bertz CT molecular complexity index is 1560. The molecule has 1 aliphatic heterocycles. The molecule has 0 saturated heterocycles. The van der Waals surface area contributed by atoms with Crippen molar-refractivity contribution in [1.82, 2.24) is 0 Å². The van der Waals surface area contributed by atoms with E-state index in [1.54, 1.807) is 6.07 Å². The first-order valence-electron chi connectivity index (χ1n) is 11.7. The van der Waals surface area contributed by atoms with Crippen LogP contribution in [-0.4, -0.2) is 23.5 Å². The number of alkyl halides is 2. The third-order valence-electron chi connectivity index (χ3n) is 6.43.